The summed E-state index contributed by atoms with van der Waals surface area (Å²) in [5.41, 5.74) is 1.44. The van der Waals surface area contributed by atoms with Crippen molar-refractivity contribution in [2.45, 2.75) is 39.3 Å². The quantitative estimate of drug-likeness (QED) is 0.889. The van der Waals surface area contributed by atoms with Crippen LogP contribution in [0.5, 0.6) is 0 Å². The van der Waals surface area contributed by atoms with Gasteiger partial charge in [-0.1, -0.05) is 19.1 Å². The van der Waals surface area contributed by atoms with Gasteiger partial charge >= 0.3 is 0 Å². The first-order chi connectivity index (χ1) is 10.0. The standard InChI is InChI=1S/C16H23N3O2/c1-4-14-15(20)17-9-10-19(14)16(21)12-7-5-6-8-13(12)18-11(2)3/h5-8,11,14,18H,4,9-10H2,1-3H3,(H,17,20). The summed E-state index contributed by atoms with van der Waals surface area (Å²) in [6.07, 6.45) is 0.622. The highest BCUT2D eigenvalue weighted by Gasteiger charge is 2.32. The van der Waals surface area contributed by atoms with Gasteiger partial charge in [-0.05, 0) is 32.4 Å². The van der Waals surface area contributed by atoms with Gasteiger partial charge in [-0.15, -0.1) is 0 Å². The number of hydrogen-bond donors (Lipinski definition) is 2. The van der Waals surface area contributed by atoms with E-state index in [2.05, 4.69) is 10.6 Å². The summed E-state index contributed by atoms with van der Waals surface area (Å²) >= 11 is 0. The zero-order chi connectivity index (χ0) is 15.4. The van der Waals surface area contributed by atoms with Gasteiger partial charge in [-0.3, -0.25) is 9.59 Å². The predicted molar refractivity (Wildman–Crippen MR) is 83.3 cm³/mol. The molecule has 0 bridgehead atoms. The summed E-state index contributed by atoms with van der Waals surface area (Å²) in [6, 6.07) is 7.33. The Labute approximate surface area is 125 Å². The molecule has 1 aromatic carbocycles. The number of benzene rings is 1. The summed E-state index contributed by atoms with van der Waals surface area (Å²) < 4.78 is 0. The highest BCUT2D eigenvalue weighted by molar-refractivity contribution is 6.02. The number of nitrogens with one attached hydrogen (secondary N) is 2. The van der Waals surface area contributed by atoms with E-state index < -0.39 is 0 Å². The van der Waals surface area contributed by atoms with E-state index in [1.807, 2.05) is 45.0 Å². The molecule has 2 amide bonds. The van der Waals surface area contributed by atoms with Crippen LogP contribution < -0.4 is 10.6 Å². The minimum atomic E-state index is -0.377. The first-order valence-electron chi connectivity index (χ1n) is 7.48. The van der Waals surface area contributed by atoms with Crippen LogP contribution >= 0.6 is 0 Å². The van der Waals surface area contributed by atoms with E-state index >= 15 is 0 Å². The van der Waals surface area contributed by atoms with Crippen molar-refractivity contribution in [3.8, 4) is 0 Å². The van der Waals surface area contributed by atoms with Crippen molar-refractivity contribution in [2.24, 2.45) is 0 Å². The van der Waals surface area contributed by atoms with Crippen molar-refractivity contribution in [2.75, 3.05) is 18.4 Å². The number of hydrogen-bond acceptors (Lipinski definition) is 3. The van der Waals surface area contributed by atoms with E-state index in [1.165, 1.54) is 0 Å². The van der Waals surface area contributed by atoms with Crippen LogP contribution in [-0.4, -0.2) is 41.9 Å². The van der Waals surface area contributed by atoms with Crippen molar-refractivity contribution in [3.63, 3.8) is 0 Å². The monoisotopic (exact) mass is 289 g/mol. The van der Waals surface area contributed by atoms with Gasteiger partial charge in [-0.2, -0.15) is 0 Å². The number of piperazine rings is 1. The number of carbonyl (C=O) groups excluding carboxylic acids is 2. The van der Waals surface area contributed by atoms with Gasteiger partial charge < -0.3 is 15.5 Å². The average molecular weight is 289 g/mol. The molecular formula is C16H23N3O2. The zero-order valence-electron chi connectivity index (χ0n) is 12.8. The van der Waals surface area contributed by atoms with Crippen molar-refractivity contribution < 1.29 is 9.59 Å². The fourth-order valence-electron chi connectivity index (χ4n) is 2.62. The Kier molecular flexibility index (Phi) is 4.83. The average Bonchev–Trinajstić information content (AvgIpc) is 2.46. The first-order valence-corrected chi connectivity index (χ1v) is 7.48. The number of carbonyl (C=O) groups is 2. The number of anilines is 1. The van der Waals surface area contributed by atoms with E-state index in [-0.39, 0.29) is 23.9 Å². The summed E-state index contributed by atoms with van der Waals surface area (Å²) in [5, 5.41) is 6.11. The fourth-order valence-corrected chi connectivity index (χ4v) is 2.62. The lowest BCUT2D eigenvalue weighted by Crippen LogP contribution is -2.57. The molecule has 1 heterocycles. The molecule has 1 unspecified atom stereocenters. The minimum absolute atomic E-state index is 0.0635. The highest BCUT2D eigenvalue weighted by Crippen LogP contribution is 2.21. The number of rotatable bonds is 4. The Hall–Kier alpha value is -2.04. The molecule has 0 spiro atoms. The van der Waals surface area contributed by atoms with E-state index in [4.69, 9.17) is 0 Å². The van der Waals surface area contributed by atoms with Gasteiger partial charge in [0.15, 0.2) is 0 Å². The minimum Gasteiger partial charge on any atom is -0.382 e. The van der Waals surface area contributed by atoms with Gasteiger partial charge in [-0.25, -0.2) is 0 Å². The summed E-state index contributed by atoms with van der Waals surface area (Å²) in [4.78, 5) is 26.4. The highest BCUT2D eigenvalue weighted by atomic mass is 16.2. The zero-order valence-corrected chi connectivity index (χ0v) is 12.8. The van der Waals surface area contributed by atoms with Crippen LogP contribution in [0.4, 0.5) is 5.69 Å². The normalized spacial score (nSPS) is 18.6. The maximum absolute atomic E-state index is 12.8. The van der Waals surface area contributed by atoms with E-state index in [1.54, 1.807) is 4.90 Å². The number of amides is 2. The van der Waals surface area contributed by atoms with Gasteiger partial charge in [0, 0.05) is 24.8 Å². The predicted octanol–water partition coefficient (Wildman–Crippen LogP) is 1.86. The van der Waals surface area contributed by atoms with Crippen LogP contribution in [0.15, 0.2) is 24.3 Å². The van der Waals surface area contributed by atoms with Crippen LogP contribution in [-0.2, 0) is 4.79 Å². The maximum atomic E-state index is 12.8. The third-order valence-electron chi connectivity index (χ3n) is 3.58. The third kappa shape index (κ3) is 3.35. The number of para-hydroxylation sites is 1. The van der Waals surface area contributed by atoms with Gasteiger partial charge in [0.1, 0.15) is 6.04 Å². The van der Waals surface area contributed by atoms with E-state index in [0.717, 1.165) is 5.69 Å². The maximum Gasteiger partial charge on any atom is 0.256 e. The van der Waals surface area contributed by atoms with Crippen molar-refractivity contribution in [1.29, 1.82) is 0 Å². The molecule has 21 heavy (non-hydrogen) atoms. The lowest BCUT2D eigenvalue weighted by atomic mass is 10.1. The Morgan fingerprint density at radius 1 is 1.43 bits per heavy atom. The van der Waals surface area contributed by atoms with E-state index in [9.17, 15) is 9.59 Å². The van der Waals surface area contributed by atoms with Crippen LogP contribution in [0.3, 0.4) is 0 Å². The van der Waals surface area contributed by atoms with Crippen molar-refractivity contribution >= 4 is 17.5 Å². The molecule has 1 aliphatic rings. The molecule has 1 aliphatic heterocycles. The van der Waals surface area contributed by atoms with Gasteiger partial charge in [0.2, 0.25) is 5.91 Å². The summed E-state index contributed by atoms with van der Waals surface area (Å²) in [7, 11) is 0. The van der Waals surface area contributed by atoms with Crippen LogP contribution in [0, 0.1) is 0 Å². The molecule has 1 fully saturated rings. The molecule has 5 nitrogen and oxygen atoms in total. The first kappa shape index (κ1) is 15.4. The Bertz CT molecular complexity index is 528. The molecule has 2 rings (SSSR count). The smallest absolute Gasteiger partial charge is 0.256 e. The Morgan fingerprint density at radius 3 is 2.81 bits per heavy atom. The second-order valence-electron chi connectivity index (χ2n) is 5.56. The molecule has 1 atom stereocenters. The van der Waals surface area contributed by atoms with E-state index in [0.29, 0.717) is 25.1 Å². The lowest BCUT2D eigenvalue weighted by molar-refractivity contribution is -0.127. The largest absolute Gasteiger partial charge is 0.382 e. The van der Waals surface area contributed by atoms with Gasteiger partial charge in [0.05, 0.1) is 5.56 Å². The molecule has 0 aliphatic carbocycles. The van der Waals surface area contributed by atoms with Gasteiger partial charge in [0.25, 0.3) is 5.91 Å². The topological polar surface area (TPSA) is 61.4 Å². The summed E-state index contributed by atoms with van der Waals surface area (Å²) in [5.74, 6) is -0.146. The van der Waals surface area contributed by atoms with Crippen LogP contribution in [0.25, 0.3) is 0 Å². The van der Waals surface area contributed by atoms with Crippen LogP contribution in [0.2, 0.25) is 0 Å². The molecule has 2 N–H and O–H groups in total. The van der Waals surface area contributed by atoms with Crippen molar-refractivity contribution in [3.05, 3.63) is 29.8 Å². The third-order valence-corrected chi connectivity index (χ3v) is 3.58. The fraction of sp³-hybridized carbons (Fsp3) is 0.500. The SMILES string of the molecule is CCC1C(=O)NCCN1C(=O)c1ccccc1NC(C)C. The second kappa shape index (κ2) is 6.61. The molecule has 0 aromatic heterocycles. The molecule has 1 aromatic rings. The van der Waals surface area contributed by atoms with Crippen molar-refractivity contribution in [1.82, 2.24) is 10.2 Å². The molecule has 5 heteroatoms. The Morgan fingerprint density at radius 2 is 2.14 bits per heavy atom. The van der Waals surface area contributed by atoms with Crippen LogP contribution in [0.1, 0.15) is 37.6 Å². The Balaban J connectivity index is 2.28. The molecule has 1 saturated heterocycles. The number of nitrogens with zero attached hydrogens (tertiary/aromatic N) is 1. The molecular weight excluding hydrogens is 266 g/mol. The molecule has 114 valence electrons. The second-order valence-corrected chi connectivity index (χ2v) is 5.56. The molecule has 0 saturated carbocycles. The lowest BCUT2D eigenvalue weighted by Gasteiger charge is -2.35. The molecule has 0 radical (unpaired) electrons. The summed E-state index contributed by atoms with van der Waals surface area (Å²) in [6.45, 7) is 7.06.